The Morgan fingerprint density at radius 1 is 1.04 bits per heavy atom. The van der Waals surface area contributed by atoms with E-state index in [1.54, 1.807) is 12.1 Å². The van der Waals surface area contributed by atoms with Crippen molar-refractivity contribution in [2.24, 2.45) is 0 Å². The normalized spacial score (nSPS) is 21.6. The highest BCUT2D eigenvalue weighted by atomic mass is 19.4. The van der Waals surface area contributed by atoms with Crippen LogP contribution in [0.5, 0.6) is 5.75 Å². The molecule has 0 aliphatic carbocycles. The fourth-order valence-electron chi connectivity index (χ4n) is 3.29. The maximum absolute atomic E-state index is 12.8. The zero-order valence-corrected chi connectivity index (χ0v) is 14.5. The Bertz CT molecular complexity index is 724. The van der Waals surface area contributed by atoms with Crippen LogP contribution < -0.4 is 4.74 Å². The number of hydrogen-bond acceptors (Lipinski definition) is 2. The molecule has 1 heterocycles. The van der Waals surface area contributed by atoms with Crippen LogP contribution in [0.25, 0.3) is 0 Å². The minimum atomic E-state index is -4.31. The van der Waals surface area contributed by atoms with Gasteiger partial charge in [0.15, 0.2) is 0 Å². The average Bonchev–Trinajstić information content (AvgIpc) is 2.59. The van der Waals surface area contributed by atoms with Crippen LogP contribution in [0.4, 0.5) is 13.2 Å². The number of ether oxygens (including phenoxy) is 1. The summed E-state index contributed by atoms with van der Waals surface area (Å²) in [6.45, 7) is 2.10. The molecule has 2 aromatic carbocycles. The van der Waals surface area contributed by atoms with E-state index >= 15 is 0 Å². The fraction of sp³-hybridized carbons (Fsp3) is 0.400. The van der Waals surface area contributed by atoms with Gasteiger partial charge in [-0.05, 0) is 51.2 Å². The Hall–Kier alpha value is -2.01. The van der Waals surface area contributed by atoms with Crippen LogP contribution in [-0.2, 0) is 6.18 Å². The van der Waals surface area contributed by atoms with Crippen LogP contribution in [0.2, 0.25) is 0 Å². The second kappa shape index (κ2) is 6.71. The molecule has 0 radical (unpaired) electrons. The van der Waals surface area contributed by atoms with E-state index in [0.717, 1.165) is 35.4 Å². The van der Waals surface area contributed by atoms with Crippen molar-refractivity contribution in [1.82, 2.24) is 4.90 Å². The highest BCUT2D eigenvalue weighted by Gasteiger charge is 2.34. The van der Waals surface area contributed by atoms with Crippen molar-refractivity contribution in [3.05, 3.63) is 65.2 Å². The molecular formula is C20H22F3NO. The molecule has 0 fully saturated rings. The Morgan fingerprint density at radius 3 is 2.28 bits per heavy atom. The maximum atomic E-state index is 12.8. The molecule has 2 aromatic rings. The van der Waals surface area contributed by atoms with Gasteiger partial charge in [0.25, 0.3) is 0 Å². The van der Waals surface area contributed by atoms with E-state index in [1.807, 2.05) is 38.4 Å². The van der Waals surface area contributed by atoms with Gasteiger partial charge in [-0.15, -0.1) is 0 Å². The van der Waals surface area contributed by atoms with E-state index in [9.17, 15) is 13.2 Å². The zero-order chi connectivity index (χ0) is 18.2. The van der Waals surface area contributed by atoms with Crippen LogP contribution in [-0.4, -0.2) is 31.1 Å². The van der Waals surface area contributed by atoms with Crippen molar-refractivity contribution in [3.63, 3.8) is 0 Å². The summed E-state index contributed by atoms with van der Waals surface area (Å²) in [5, 5.41) is 0. The number of para-hydroxylation sites is 1. The first kappa shape index (κ1) is 17.8. The Balaban J connectivity index is 1.96. The van der Waals surface area contributed by atoms with E-state index in [1.165, 1.54) is 0 Å². The van der Waals surface area contributed by atoms with Crippen molar-refractivity contribution < 1.29 is 17.9 Å². The number of hydrogen-bond donors (Lipinski definition) is 0. The Kier molecular flexibility index (Phi) is 4.78. The van der Waals surface area contributed by atoms with Crippen LogP contribution >= 0.6 is 0 Å². The average molecular weight is 349 g/mol. The van der Waals surface area contributed by atoms with Crippen molar-refractivity contribution in [1.29, 1.82) is 0 Å². The zero-order valence-electron chi connectivity index (χ0n) is 14.5. The summed E-state index contributed by atoms with van der Waals surface area (Å²) in [5.74, 6) is 0.844. The van der Waals surface area contributed by atoms with Crippen LogP contribution in [0.3, 0.4) is 0 Å². The largest absolute Gasteiger partial charge is 0.488 e. The van der Waals surface area contributed by atoms with Gasteiger partial charge in [-0.2, -0.15) is 13.2 Å². The van der Waals surface area contributed by atoms with Gasteiger partial charge >= 0.3 is 6.18 Å². The summed E-state index contributed by atoms with van der Waals surface area (Å²) in [4.78, 5) is 2.10. The van der Waals surface area contributed by atoms with Crippen LogP contribution in [0, 0.1) is 0 Å². The first-order chi connectivity index (χ1) is 11.8. The number of likely N-dealkylation sites (N-methyl/N-ethyl adjacent to an activating group) is 1. The number of nitrogens with zero attached hydrogens (tertiary/aromatic N) is 1. The number of benzene rings is 2. The van der Waals surface area contributed by atoms with Crippen LogP contribution in [0.15, 0.2) is 48.5 Å². The Morgan fingerprint density at radius 2 is 1.68 bits per heavy atom. The van der Waals surface area contributed by atoms with Gasteiger partial charge < -0.3 is 9.64 Å². The highest BCUT2D eigenvalue weighted by Crippen LogP contribution is 2.42. The van der Waals surface area contributed by atoms with E-state index < -0.39 is 11.7 Å². The molecule has 1 aliphatic rings. The number of halogens is 3. The number of alkyl halides is 3. The van der Waals surface area contributed by atoms with Gasteiger partial charge in [0.1, 0.15) is 11.9 Å². The molecule has 0 spiro atoms. The molecule has 0 bridgehead atoms. The van der Waals surface area contributed by atoms with Gasteiger partial charge in [0.2, 0.25) is 0 Å². The predicted octanol–water partition coefficient (Wildman–Crippen LogP) is 4.94. The van der Waals surface area contributed by atoms with Crippen molar-refractivity contribution in [2.45, 2.75) is 37.6 Å². The van der Waals surface area contributed by atoms with Gasteiger partial charge in [-0.25, -0.2) is 0 Å². The van der Waals surface area contributed by atoms with E-state index in [4.69, 9.17) is 4.74 Å². The minimum Gasteiger partial charge on any atom is -0.488 e. The fourth-order valence-corrected chi connectivity index (χ4v) is 3.29. The molecule has 2 nitrogen and oxygen atoms in total. The molecule has 3 atom stereocenters. The molecule has 0 saturated carbocycles. The lowest BCUT2D eigenvalue weighted by Crippen LogP contribution is -2.43. The van der Waals surface area contributed by atoms with Gasteiger partial charge in [0.05, 0.1) is 5.56 Å². The lowest BCUT2D eigenvalue weighted by Gasteiger charge is -2.37. The smallest absolute Gasteiger partial charge is 0.416 e. The van der Waals surface area contributed by atoms with Crippen molar-refractivity contribution in [2.75, 3.05) is 14.1 Å². The summed E-state index contributed by atoms with van der Waals surface area (Å²) in [6.07, 6.45) is -3.59. The standard InChI is InChI=1S/C20H22F3NO/c1-13(24(2)3)19-12-17(16-6-4-5-7-18(16)25-19)14-8-10-15(11-9-14)20(21,22)23/h4-11,13,17,19H,12H2,1-3H3. The molecule has 0 amide bonds. The number of rotatable bonds is 3. The molecule has 25 heavy (non-hydrogen) atoms. The van der Waals surface area contributed by atoms with E-state index in [2.05, 4.69) is 11.8 Å². The van der Waals surface area contributed by atoms with Crippen LogP contribution in [0.1, 0.15) is 36.0 Å². The van der Waals surface area contributed by atoms with Crippen molar-refractivity contribution >= 4 is 0 Å². The maximum Gasteiger partial charge on any atom is 0.416 e. The van der Waals surface area contributed by atoms with Gasteiger partial charge in [0, 0.05) is 17.5 Å². The van der Waals surface area contributed by atoms with E-state index in [0.29, 0.717) is 0 Å². The van der Waals surface area contributed by atoms with Crippen molar-refractivity contribution in [3.8, 4) is 5.75 Å². The summed E-state index contributed by atoms with van der Waals surface area (Å²) in [6, 6.07) is 13.5. The molecule has 3 unspecified atom stereocenters. The quantitative estimate of drug-likeness (QED) is 0.778. The molecule has 0 aromatic heterocycles. The summed E-state index contributed by atoms with van der Waals surface area (Å²) in [5.41, 5.74) is 1.30. The first-order valence-corrected chi connectivity index (χ1v) is 8.36. The third-order valence-corrected chi connectivity index (χ3v) is 5.03. The lowest BCUT2D eigenvalue weighted by molar-refractivity contribution is -0.137. The molecule has 1 aliphatic heterocycles. The molecular weight excluding hydrogens is 327 g/mol. The minimum absolute atomic E-state index is 0.0165. The monoisotopic (exact) mass is 349 g/mol. The second-order valence-electron chi connectivity index (χ2n) is 6.81. The highest BCUT2D eigenvalue weighted by molar-refractivity contribution is 5.44. The molecule has 134 valence electrons. The third-order valence-electron chi connectivity index (χ3n) is 5.03. The first-order valence-electron chi connectivity index (χ1n) is 8.36. The molecule has 0 N–H and O–H groups in total. The number of fused-ring (bicyclic) bond motifs is 1. The van der Waals surface area contributed by atoms with Gasteiger partial charge in [-0.3, -0.25) is 0 Å². The third kappa shape index (κ3) is 3.66. The molecule has 5 heteroatoms. The summed E-state index contributed by atoms with van der Waals surface area (Å²) >= 11 is 0. The molecule has 3 rings (SSSR count). The Labute approximate surface area is 146 Å². The summed E-state index contributed by atoms with van der Waals surface area (Å²) in [7, 11) is 4.00. The van der Waals surface area contributed by atoms with E-state index in [-0.39, 0.29) is 18.1 Å². The van der Waals surface area contributed by atoms with Gasteiger partial charge in [-0.1, -0.05) is 30.3 Å². The lowest BCUT2D eigenvalue weighted by atomic mass is 9.82. The SMILES string of the molecule is CC(C1CC(c2ccc(C(F)(F)F)cc2)c2ccccc2O1)N(C)C. The predicted molar refractivity (Wildman–Crippen MR) is 91.9 cm³/mol. The topological polar surface area (TPSA) is 12.5 Å². The summed E-state index contributed by atoms with van der Waals surface area (Å²) < 4.78 is 44.7. The molecule has 0 saturated heterocycles. The second-order valence-corrected chi connectivity index (χ2v) is 6.81.